The van der Waals surface area contributed by atoms with Crippen LogP contribution in [0.25, 0.3) is 0 Å². The van der Waals surface area contributed by atoms with Crippen LogP contribution in [-0.4, -0.2) is 13.2 Å². The third kappa shape index (κ3) is 5.52. The van der Waals surface area contributed by atoms with E-state index in [-0.39, 0.29) is 6.67 Å². The quantitative estimate of drug-likeness (QED) is 0.346. The molecule has 0 bridgehead atoms. The summed E-state index contributed by atoms with van der Waals surface area (Å²) < 4.78 is 26.1. The Bertz CT molecular complexity index is 614. The second-order valence-electron chi connectivity index (χ2n) is 4.69. The first-order valence-corrected chi connectivity index (χ1v) is 14.6. The Kier molecular flexibility index (Phi) is 7.47. The van der Waals surface area contributed by atoms with Gasteiger partial charge in [0.1, 0.15) is 0 Å². The van der Waals surface area contributed by atoms with E-state index in [0.29, 0.717) is 12.2 Å². The van der Waals surface area contributed by atoms with E-state index in [9.17, 15) is 8.78 Å². The number of halogens is 5. The fraction of sp³-hybridized carbons (Fsp3) is 0.200. The van der Waals surface area contributed by atoms with Gasteiger partial charge in [-0.25, -0.2) is 0 Å². The predicted octanol–water partition coefficient (Wildman–Crippen LogP) is 5.76. The van der Waals surface area contributed by atoms with Gasteiger partial charge in [-0.2, -0.15) is 8.78 Å². The van der Waals surface area contributed by atoms with Gasteiger partial charge in [0.2, 0.25) is 0 Å². The van der Waals surface area contributed by atoms with Crippen molar-refractivity contribution in [2.24, 2.45) is 0 Å². The SMILES string of the molecule is FC(F)N1CN(Cc2ccccc2)c2ccccc21.[Cl][Au]([Cl])[Cl]. The average molecular weight is 564 g/mol. The molecule has 0 aliphatic carbocycles. The molecule has 0 spiro atoms. The minimum atomic E-state index is -2.47. The molecule has 8 heteroatoms. The summed E-state index contributed by atoms with van der Waals surface area (Å²) in [6.45, 7) is -1.60. The third-order valence-electron chi connectivity index (χ3n) is 3.31. The van der Waals surface area contributed by atoms with Crippen LogP contribution in [0.4, 0.5) is 20.2 Å². The molecule has 0 saturated carbocycles. The zero-order valence-corrected chi connectivity index (χ0v) is 16.2. The fourth-order valence-corrected chi connectivity index (χ4v) is 2.42. The predicted molar refractivity (Wildman–Crippen MR) is 90.0 cm³/mol. The standard InChI is InChI=1S/C15H14F2N2.Au.3ClH/c16-15(17)19-11-18(10-12-6-2-1-3-7-12)13-8-4-5-9-14(13)19;;;;/h1-9,15H,10-11H2;;3*1H/q;+3;;;/p-3. The van der Waals surface area contributed by atoms with Crippen molar-refractivity contribution in [1.82, 2.24) is 0 Å². The maximum atomic E-state index is 13.0. The number of rotatable bonds is 3. The molecule has 0 amide bonds. The van der Waals surface area contributed by atoms with Crippen LogP contribution >= 0.6 is 27.6 Å². The van der Waals surface area contributed by atoms with E-state index in [1.165, 1.54) is 0 Å². The molecule has 2 aromatic rings. The Morgan fingerprint density at radius 2 is 1.43 bits per heavy atom. The van der Waals surface area contributed by atoms with Crippen LogP contribution in [0.3, 0.4) is 0 Å². The van der Waals surface area contributed by atoms with Gasteiger partial charge in [0.15, 0.2) is 0 Å². The maximum absolute atomic E-state index is 13.0. The van der Waals surface area contributed by atoms with Gasteiger partial charge in [0.05, 0.1) is 18.0 Å². The topological polar surface area (TPSA) is 6.48 Å². The molecule has 23 heavy (non-hydrogen) atoms. The number of alkyl halides is 2. The number of anilines is 2. The summed E-state index contributed by atoms with van der Waals surface area (Å²) in [5.41, 5.74) is 2.59. The zero-order valence-electron chi connectivity index (χ0n) is 11.8. The summed E-state index contributed by atoms with van der Waals surface area (Å²) in [6, 6.07) is 17.2. The van der Waals surface area contributed by atoms with E-state index in [4.69, 9.17) is 27.6 Å². The van der Waals surface area contributed by atoms with Crippen molar-refractivity contribution in [2.75, 3.05) is 16.5 Å². The molecule has 0 fully saturated rings. The summed E-state index contributed by atoms with van der Waals surface area (Å²) in [4.78, 5) is 3.09. The van der Waals surface area contributed by atoms with Gasteiger partial charge >= 0.3 is 49.3 Å². The van der Waals surface area contributed by atoms with E-state index in [0.717, 1.165) is 16.2 Å². The molecular weight excluding hydrogens is 550 g/mol. The Balaban J connectivity index is 0.000000433. The Hall–Kier alpha value is -0.490. The van der Waals surface area contributed by atoms with Crippen molar-refractivity contribution in [1.29, 1.82) is 0 Å². The molecule has 0 aromatic heterocycles. The van der Waals surface area contributed by atoms with Crippen molar-refractivity contribution in [2.45, 2.75) is 13.1 Å². The fourth-order valence-electron chi connectivity index (χ4n) is 2.42. The van der Waals surface area contributed by atoms with Gasteiger partial charge < -0.3 is 4.90 Å². The van der Waals surface area contributed by atoms with Crippen LogP contribution in [0.15, 0.2) is 54.6 Å². The molecule has 1 heterocycles. The molecule has 0 N–H and O–H groups in total. The molecule has 0 saturated heterocycles. The Morgan fingerprint density at radius 1 is 0.913 bits per heavy atom. The van der Waals surface area contributed by atoms with E-state index >= 15 is 0 Å². The Labute approximate surface area is 152 Å². The van der Waals surface area contributed by atoms with Gasteiger partial charge in [-0.3, -0.25) is 4.90 Å². The van der Waals surface area contributed by atoms with Crippen LogP contribution < -0.4 is 9.80 Å². The number of hydrogen-bond acceptors (Lipinski definition) is 2. The van der Waals surface area contributed by atoms with E-state index in [1.54, 1.807) is 12.1 Å². The summed E-state index contributed by atoms with van der Waals surface area (Å²) in [5, 5.41) is 0. The van der Waals surface area contributed by atoms with E-state index in [2.05, 4.69) is 0 Å². The van der Waals surface area contributed by atoms with Crippen LogP contribution in [0.1, 0.15) is 5.56 Å². The number of hydrogen-bond donors (Lipinski definition) is 0. The van der Waals surface area contributed by atoms with E-state index < -0.39 is 21.7 Å². The van der Waals surface area contributed by atoms with Crippen molar-refractivity contribution < 1.29 is 24.0 Å². The Morgan fingerprint density at radius 3 is 2.00 bits per heavy atom. The molecule has 130 valence electrons. The second-order valence-corrected chi connectivity index (χ2v) is 14.1. The van der Waals surface area contributed by atoms with Crippen molar-refractivity contribution in [3.63, 3.8) is 0 Å². The van der Waals surface area contributed by atoms with Gasteiger partial charge in [0, 0.05) is 6.54 Å². The van der Waals surface area contributed by atoms with E-state index in [1.807, 2.05) is 47.4 Å². The number of nitrogens with zero attached hydrogens (tertiary/aromatic N) is 2. The summed E-state index contributed by atoms with van der Waals surface area (Å²) in [6.07, 6.45) is 0. The molecule has 2 aromatic carbocycles. The summed E-state index contributed by atoms with van der Waals surface area (Å²) in [5.74, 6) is 0. The summed E-state index contributed by atoms with van der Waals surface area (Å²) in [7, 11) is 14.9. The first-order valence-electron chi connectivity index (χ1n) is 6.52. The minimum absolute atomic E-state index is 0.228. The third-order valence-corrected chi connectivity index (χ3v) is 3.31. The summed E-state index contributed by atoms with van der Waals surface area (Å²) >= 11 is -1.79. The second kappa shape index (κ2) is 9.11. The zero-order chi connectivity index (χ0) is 16.8. The molecule has 3 rings (SSSR count). The first-order chi connectivity index (χ1) is 11.0. The van der Waals surface area contributed by atoms with Crippen molar-refractivity contribution in [3.8, 4) is 0 Å². The number of fused-ring (bicyclic) bond motifs is 1. The molecule has 0 atom stereocenters. The van der Waals surface area contributed by atoms with Crippen LogP contribution in [-0.2, 0) is 21.7 Å². The van der Waals surface area contributed by atoms with Crippen molar-refractivity contribution in [3.05, 3.63) is 60.2 Å². The first kappa shape index (κ1) is 18.8. The van der Waals surface area contributed by atoms with Crippen LogP contribution in [0.5, 0.6) is 0 Å². The number of benzene rings is 2. The van der Waals surface area contributed by atoms with Gasteiger partial charge in [-0.05, 0) is 17.7 Å². The molecular formula is C15H14AuCl3F2N2. The molecule has 1 aliphatic heterocycles. The molecule has 0 radical (unpaired) electrons. The van der Waals surface area contributed by atoms with Crippen LogP contribution in [0, 0.1) is 0 Å². The monoisotopic (exact) mass is 562 g/mol. The molecule has 2 nitrogen and oxygen atoms in total. The molecule has 1 aliphatic rings. The van der Waals surface area contributed by atoms with Gasteiger partial charge in [0.25, 0.3) is 0 Å². The van der Waals surface area contributed by atoms with Crippen LogP contribution in [0.2, 0.25) is 0 Å². The molecule has 0 unspecified atom stereocenters. The average Bonchev–Trinajstić information content (AvgIpc) is 2.87. The van der Waals surface area contributed by atoms with Gasteiger partial charge in [-0.1, -0.05) is 42.5 Å². The normalized spacial score (nSPS) is 13.6. The van der Waals surface area contributed by atoms with Crippen molar-refractivity contribution >= 4 is 38.9 Å². The number of para-hydroxylation sites is 2. The van der Waals surface area contributed by atoms with Gasteiger partial charge in [-0.15, -0.1) is 0 Å².